The van der Waals surface area contributed by atoms with Crippen LogP contribution in [0.5, 0.6) is 0 Å². The summed E-state index contributed by atoms with van der Waals surface area (Å²) in [7, 11) is 1.63. The zero-order chi connectivity index (χ0) is 15.2. The SMILES string of the molecule is Cc1ccc(C)c2c1c(C(C)C)c(C(=O)O)c(=O)n2C. The van der Waals surface area contributed by atoms with Crippen LogP contribution in [-0.2, 0) is 7.05 Å². The number of benzene rings is 1. The summed E-state index contributed by atoms with van der Waals surface area (Å²) in [5, 5.41) is 10.3. The molecule has 1 aromatic heterocycles. The zero-order valence-corrected chi connectivity index (χ0v) is 12.4. The lowest BCUT2D eigenvalue weighted by Gasteiger charge is -2.19. The van der Waals surface area contributed by atoms with Gasteiger partial charge in [0.1, 0.15) is 5.56 Å². The van der Waals surface area contributed by atoms with Gasteiger partial charge >= 0.3 is 5.97 Å². The fourth-order valence-electron chi connectivity index (χ4n) is 2.86. The summed E-state index contributed by atoms with van der Waals surface area (Å²) in [4.78, 5) is 23.9. The van der Waals surface area contributed by atoms with E-state index < -0.39 is 11.5 Å². The third kappa shape index (κ3) is 1.92. The van der Waals surface area contributed by atoms with Gasteiger partial charge < -0.3 is 9.67 Å². The minimum Gasteiger partial charge on any atom is -0.477 e. The van der Waals surface area contributed by atoms with E-state index in [2.05, 4.69) is 0 Å². The van der Waals surface area contributed by atoms with Crippen LogP contribution in [-0.4, -0.2) is 15.6 Å². The molecule has 0 radical (unpaired) electrons. The highest BCUT2D eigenvalue weighted by Gasteiger charge is 2.24. The molecule has 0 atom stereocenters. The van der Waals surface area contributed by atoms with Gasteiger partial charge in [-0.1, -0.05) is 26.0 Å². The summed E-state index contributed by atoms with van der Waals surface area (Å²) in [5.41, 5.74) is 2.88. The van der Waals surface area contributed by atoms with E-state index in [1.54, 1.807) is 7.05 Å². The van der Waals surface area contributed by atoms with Gasteiger partial charge in [-0.3, -0.25) is 4.79 Å². The van der Waals surface area contributed by atoms with Crippen LogP contribution >= 0.6 is 0 Å². The molecule has 0 saturated heterocycles. The first kappa shape index (κ1) is 14.3. The Labute approximate surface area is 117 Å². The Hall–Kier alpha value is -2.10. The van der Waals surface area contributed by atoms with Crippen molar-refractivity contribution in [2.75, 3.05) is 0 Å². The predicted molar refractivity (Wildman–Crippen MR) is 79.7 cm³/mol. The van der Waals surface area contributed by atoms with Crippen molar-refractivity contribution in [3.05, 3.63) is 44.7 Å². The average molecular weight is 273 g/mol. The molecule has 0 amide bonds. The Morgan fingerprint density at radius 3 is 2.25 bits per heavy atom. The van der Waals surface area contributed by atoms with Crippen LogP contribution < -0.4 is 5.56 Å². The summed E-state index contributed by atoms with van der Waals surface area (Å²) in [5.74, 6) is -1.19. The zero-order valence-electron chi connectivity index (χ0n) is 12.4. The Bertz CT molecular complexity index is 770. The van der Waals surface area contributed by atoms with E-state index in [4.69, 9.17) is 0 Å². The highest BCUT2D eigenvalue weighted by Crippen LogP contribution is 2.31. The average Bonchev–Trinajstić information content (AvgIpc) is 2.35. The minimum atomic E-state index is -1.16. The first-order chi connectivity index (χ1) is 9.27. The molecule has 0 spiro atoms. The molecule has 1 aromatic carbocycles. The van der Waals surface area contributed by atoms with Crippen LogP contribution in [0.15, 0.2) is 16.9 Å². The lowest BCUT2D eigenvalue weighted by Crippen LogP contribution is -2.28. The molecule has 0 unspecified atom stereocenters. The highest BCUT2D eigenvalue weighted by atomic mass is 16.4. The molecule has 1 heterocycles. The molecule has 20 heavy (non-hydrogen) atoms. The Balaban J connectivity index is 3.22. The number of hydrogen-bond acceptors (Lipinski definition) is 2. The number of carboxylic acid groups (broad SMARTS) is 1. The van der Waals surface area contributed by atoms with Crippen LogP contribution in [0.4, 0.5) is 0 Å². The van der Waals surface area contributed by atoms with E-state index in [1.165, 1.54) is 4.57 Å². The summed E-state index contributed by atoms with van der Waals surface area (Å²) in [6.45, 7) is 7.72. The van der Waals surface area contributed by atoms with Crippen LogP contribution in [0.1, 0.15) is 46.8 Å². The molecule has 4 heteroatoms. The Kier molecular flexibility index (Phi) is 3.42. The maximum Gasteiger partial charge on any atom is 0.341 e. The van der Waals surface area contributed by atoms with Gasteiger partial charge in [-0.15, -0.1) is 0 Å². The number of aromatic carboxylic acids is 1. The van der Waals surface area contributed by atoms with E-state index in [0.29, 0.717) is 5.56 Å². The molecule has 0 aliphatic heterocycles. The molecule has 2 rings (SSSR count). The molecule has 106 valence electrons. The number of carboxylic acids is 1. The topological polar surface area (TPSA) is 59.3 Å². The van der Waals surface area contributed by atoms with E-state index in [1.807, 2.05) is 39.8 Å². The molecular weight excluding hydrogens is 254 g/mol. The third-order valence-corrected chi connectivity index (χ3v) is 3.77. The number of hydrogen-bond donors (Lipinski definition) is 1. The van der Waals surface area contributed by atoms with E-state index >= 15 is 0 Å². The number of pyridine rings is 1. The summed E-state index contributed by atoms with van der Waals surface area (Å²) in [6, 6.07) is 3.93. The number of carbonyl (C=O) groups is 1. The number of rotatable bonds is 2. The van der Waals surface area contributed by atoms with E-state index in [9.17, 15) is 14.7 Å². The van der Waals surface area contributed by atoms with Crippen molar-refractivity contribution in [1.29, 1.82) is 0 Å². The number of aromatic nitrogens is 1. The van der Waals surface area contributed by atoms with Crippen LogP contribution in [0.3, 0.4) is 0 Å². The van der Waals surface area contributed by atoms with Gasteiger partial charge in [-0.25, -0.2) is 4.79 Å². The van der Waals surface area contributed by atoms with Gasteiger partial charge in [0.05, 0.1) is 5.52 Å². The lowest BCUT2D eigenvalue weighted by molar-refractivity contribution is 0.0693. The van der Waals surface area contributed by atoms with Crippen LogP contribution in [0.25, 0.3) is 10.9 Å². The van der Waals surface area contributed by atoms with Gasteiger partial charge in [-0.05, 0) is 36.5 Å². The minimum absolute atomic E-state index is 0.0296. The smallest absolute Gasteiger partial charge is 0.341 e. The van der Waals surface area contributed by atoms with E-state index in [-0.39, 0.29) is 11.5 Å². The number of aryl methyl sites for hydroxylation is 3. The largest absolute Gasteiger partial charge is 0.477 e. The van der Waals surface area contributed by atoms with Crippen LogP contribution in [0.2, 0.25) is 0 Å². The maximum atomic E-state index is 12.4. The molecule has 0 bridgehead atoms. The van der Waals surface area contributed by atoms with Crippen molar-refractivity contribution in [2.24, 2.45) is 7.05 Å². The first-order valence-electron chi connectivity index (χ1n) is 6.63. The van der Waals surface area contributed by atoms with Gasteiger partial charge in [-0.2, -0.15) is 0 Å². The third-order valence-electron chi connectivity index (χ3n) is 3.77. The molecule has 2 aromatic rings. The van der Waals surface area contributed by atoms with Crippen molar-refractivity contribution in [3.63, 3.8) is 0 Å². The highest BCUT2D eigenvalue weighted by molar-refractivity contribution is 5.98. The molecule has 0 fully saturated rings. The molecular formula is C16H19NO3. The molecule has 1 N–H and O–H groups in total. The predicted octanol–water partition coefficient (Wildman–Crippen LogP) is 2.98. The fourth-order valence-corrected chi connectivity index (χ4v) is 2.86. The quantitative estimate of drug-likeness (QED) is 0.915. The Morgan fingerprint density at radius 1 is 1.20 bits per heavy atom. The number of nitrogens with zero attached hydrogens (tertiary/aromatic N) is 1. The summed E-state index contributed by atoms with van der Waals surface area (Å²) < 4.78 is 1.45. The lowest BCUT2D eigenvalue weighted by atomic mass is 9.90. The van der Waals surface area contributed by atoms with Gasteiger partial charge in [0.15, 0.2) is 0 Å². The van der Waals surface area contributed by atoms with Crippen molar-refractivity contribution in [1.82, 2.24) is 4.57 Å². The Morgan fingerprint density at radius 2 is 1.75 bits per heavy atom. The summed E-state index contributed by atoms with van der Waals surface area (Å²) >= 11 is 0. The summed E-state index contributed by atoms with van der Waals surface area (Å²) in [6.07, 6.45) is 0. The second kappa shape index (κ2) is 4.78. The molecule has 4 nitrogen and oxygen atoms in total. The van der Waals surface area contributed by atoms with Crippen molar-refractivity contribution < 1.29 is 9.90 Å². The molecule has 0 aliphatic carbocycles. The molecule has 0 saturated carbocycles. The van der Waals surface area contributed by atoms with Crippen molar-refractivity contribution in [3.8, 4) is 0 Å². The van der Waals surface area contributed by atoms with Gasteiger partial charge in [0.25, 0.3) is 5.56 Å². The van der Waals surface area contributed by atoms with E-state index in [0.717, 1.165) is 22.0 Å². The second-order valence-corrected chi connectivity index (χ2v) is 5.54. The van der Waals surface area contributed by atoms with Gasteiger partial charge in [0, 0.05) is 12.4 Å². The fraction of sp³-hybridized carbons (Fsp3) is 0.375. The number of fused-ring (bicyclic) bond motifs is 1. The molecule has 0 aliphatic rings. The van der Waals surface area contributed by atoms with Crippen LogP contribution in [0, 0.1) is 13.8 Å². The second-order valence-electron chi connectivity index (χ2n) is 5.54. The van der Waals surface area contributed by atoms with Crippen molar-refractivity contribution in [2.45, 2.75) is 33.6 Å². The van der Waals surface area contributed by atoms with Crippen molar-refractivity contribution >= 4 is 16.9 Å². The monoisotopic (exact) mass is 273 g/mol. The maximum absolute atomic E-state index is 12.4. The van der Waals surface area contributed by atoms with Gasteiger partial charge in [0.2, 0.25) is 0 Å². The normalized spacial score (nSPS) is 11.3. The standard InChI is InChI=1S/C16H19NO3/c1-8(2)11-12-9(3)6-7-10(4)14(12)17(5)15(18)13(11)16(19)20/h6-8H,1-5H3,(H,19,20). The first-order valence-corrected chi connectivity index (χ1v) is 6.63.